The Labute approximate surface area is 148 Å². The molecule has 128 valence electrons. The van der Waals surface area contributed by atoms with Crippen LogP contribution in [-0.2, 0) is 11.3 Å². The van der Waals surface area contributed by atoms with Crippen LogP contribution in [0.4, 0.5) is 5.69 Å². The molecule has 0 fully saturated rings. The first kappa shape index (κ1) is 16.9. The van der Waals surface area contributed by atoms with Crippen molar-refractivity contribution in [2.45, 2.75) is 20.4 Å². The number of benzene rings is 2. The van der Waals surface area contributed by atoms with Crippen molar-refractivity contribution in [2.75, 3.05) is 5.32 Å². The summed E-state index contributed by atoms with van der Waals surface area (Å²) in [6.45, 7) is 3.65. The highest BCUT2D eigenvalue weighted by molar-refractivity contribution is 6.32. The molecule has 0 aliphatic rings. The number of tetrazole rings is 1. The first-order chi connectivity index (χ1) is 11.9. The molecule has 0 spiro atoms. The minimum Gasteiger partial charge on any atom is -0.324 e. The van der Waals surface area contributed by atoms with Crippen molar-refractivity contribution in [3.8, 4) is 5.69 Å². The fourth-order valence-corrected chi connectivity index (χ4v) is 2.75. The number of carbonyl (C=O) groups is 1. The number of aryl methyl sites for hydroxylation is 2. The summed E-state index contributed by atoms with van der Waals surface area (Å²) in [5.74, 6) is -0.363. The van der Waals surface area contributed by atoms with Gasteiger partial charge in [-0.15, -0.1) is 0 Å². The van der Waals surface area contributed by atoms with Gasteiger partial charge in [-0.25, -0.2) is 4.79 Å². The Hall–Kier alpha value is -2.93. The van der Waals surface area contributed by atoms with Crippen LogP contribution in [0.15, 0.2) is 47.3 Å². The second-order valence-electron chi connectivity index (χ2n) is 5.71. The van der Waals surface area contributed by atoms with Gasteiger partial charge in [-0.05, 0) is 59.7 Å². The number of nitrogens with one attached hydrogen (secondary N) is 1. The third kappa shape index (κ3) is 3.77. The first-order valence-electron chi connectivity index (χ1n) is 7.60. The normalized spacial score (nSPS) is 10.7. The summed E-state index contributed by atoms with van der Waals surface area (Å²) in [7, 11) is 0. The molecule has 0 aliphatic heterocycles. The number of amides is 1. The largest absolute Gasteiger partial charge is 0.369 e. The van der Waals surface area contributed by atoms with Crippen LogP contribution in [0.1, 0.15) is 11.1 Å². The number of carbonyl (C=O) groups excluding carboxylic acids is 1. The Morgan fingerprint density at radius 3 is 2.48 bits per heavy atom. The van der Waals surface area contributed by atoms with Crippen LogP contribution >= 0.6 is 11.6 Å². The zero-order chi connectivity index (χ0) is 18.0. The number of hydrogen-bond donors (Lipinski definition) is 1. The fraction of sp³-hybridized carbons (Fsp3) is 0.176. The first-order valence-corrected chi connectivity index (χ1v) is 7.98. The van der Waals surface area contributed by atoms with Gasteiger partial charge in [0.05, 0.1) is 10.7 Å². The summed E-state index contributed by atoms with van der Waals surface area (Å²) >= 11 is 6.07. The predicted octanol–water partition coefficient (Wildman–Crippen LogP) is 2.34. The van der Waals surface area contributed by atoms with E-state index in [9.17, 15) is 9.59 Å². The Morgan fingerprint density at radius 2 is 1.80 bits per heavy atom. The number of aromatic nitrogens is 4. The summed E-state index contributed by atoms with van der Waals surface area (Å²) in [5, 5.41) is 10.7. The lowest BCUT2D eigenvalue weighted by molar-refractivity contribution is -0.117. The van der Waals surface area contributed by atoms with Gasteiger partial charge in [0.1, 0.15) is 6.54 Å². The molecule has 25 heavy (non-hydrogen) atoms. The highest BCUT2D eigenvalue weighted by atomic mass is 35.5. The maximum absolute atomic E-state index is 12.4. The van der Waals surface area contributed by atoms with Gasteiger partial charge in [0.2, 0.25) is 5.91 Å². The molecule has 0 saturated heterocycles. The van der Waals surface area contributed by atoms with Crippen LogP contribution in [-0.4, -0.2) is 25.7 Å². The Balaban J connectivity index is 1.79. The zero-order valence-electron chi connectivity index (χ0n) is 13.7. The van der Waals surface area contributed by atoms with Crippen molar-refractivity contribution in [1.29, 1.82) is 0 Å². The van der Waals surface area contributed by atoms with Gasteiger partial charge in [0.15, 0.2) is 0 Å². The molecule has 0 unspecified atom stereocenters. The highest BCUT2D eigenvalue weighted by Crippen LogP contribution is 2.17. The van der Waals surface area contributed by atoms with Crippen molar-refractivity contribution in [2.24, 2.45) is 0 Å². The summed E-state index contributed by atoms with van der Waals surface area (Å²) in [6, 6.07) is 12.5. The average molecular weight is 358 g/mol. The second kappa shape index (κ2) is 6.90. The molecular weight excluding hydrogens is 342 g/mol. The van der Waals surface area contributed by atoms with Gasteiger partial charge in [0, 0.05) is 5.69 Å². The van der Waals surface area contributed by atoms with E-state index in [1.807, 2.05) is 32.0 Å². The summed E-state index contributed by atoms with van der Waals surface area (Å²) in [4.78, 5) is 24.6. The van der Waals surface area contributed by atoms with Crippen LogP contribution in [0.25, 0.3) is 5.69 Å². The van der Waals surface area contributed by atoms with Crippen molar-refractivity contribution in [3.05, 3.63) is 69.1 Å². The number of nitrogens with zero attached hydrogens (tertiary/aromatic N) is 4. The van der Waals surface area contributed by atoms with E-state index in [-0.39, 0.29) is 12.5 Å². The third-order valence-corrected chi connectivity index (χ3v) is 3.84. The van der Waals surface area contributed by atoms with Crippen LogP contribution in [0.2, 0.25) is 5.02 Å². The van der Waals surface area contributed by atoms with Crippen LogP contribution < -0.4 is 11.0 Å². The lowest BCUT2D eigenvalue weighted by Gasteiger charge is -2.07. The van der Waals surface area contributed by atoms with Gasteiger partial charge in [-0.3, -0.25) is 4.79 Å². The molecule has 2 aromatic carbocycles. The maximum Gasteiger partial charge on any atom is 0.369 e. The Kier molecular flexibility index (Phi) is 4.67. The van der Waals surface area contributed by atoms with Crippen LogP contribution in [0.3, 0.4) is 0 Å². The predicted molar refractivity (Wildman–Crippen MR) is 95.2 cm³/mol. The molecule has 0 saturated carbocycles. The Morgan fingerprint density at radius 1 is 1.12 bits per heavy atom. The summed E-state index contributed by atoms with van der Waals surface area (Å²) in [6.07, 6.45) is 0. The van der Waals surface area contributed by atoms with E-state index in [4.69, 9.17) is 11.6 Å². The molecule has 3 rings (SSSR count). The van der Waals surface area contributed by atoms with E-state index in [0.717, 1.165) is 20.5 Å². The zero-order valence-corrected chi connectivity index (χ0v) is 14.5. The molecule has 1 aromatic heterocycles. The number of rotatable bonds is 4. The smallest absolute Gasteiger partial charge is 0.324 e. The molecule has 1 N–H and O–H groups in total. The number of anilines is 1. The van der Waals surface area contributed by atoms with E-state index >= 15 is 0 Å². The third-order valence-electron chi connectivity index (χ3n) is 3.52. The van der Waals surface area contributed by atoms with E-state index in [1.165, 1.54) is 0 Å². The minimum absolute atomic E-state index is 0.240. The molecule has 0 aliphatic carbocycles. The van der Waals surface area contributed by atoms with Crippen molar-refractivity contribution < 1.29 is 4.79 Å². The monoisotopic (exact) mass is 357 g/mol. The fourth-order valence-electron chi connectivity index (χ4n) is 2.53. The molecule has 0 radical (unpaired) electrons. The molecule has 0 atom stereocenters. The van der Waals surface area contributed by atoms with Gasteiger partial charge in [-0.2, -0.15) is 9.36 Å². The summed E-state index contributed by atoms with van der Waals surface area (Å²) < 4.78 is 2.05. The Bertz CT molecular complexity index is 972. The molecule has 1 amide bonds. The van der Waals surface area contributed by atoms with Gasteiger partial charge in [0.25, 0.3) is 0 Å². The van der Waals surface area contributed by atoms with Crippen LogP contribution in [0.5, 0.6) is 0 Å². The molecule has 8 heteroatoms. The SMILES string of the molecule is Cc1cc(C)cc(NC(=O)Cn2nnn(-c3ccccc3Cl)c2=O)c1. The lowest BCUT2D eigenvalue weighted by atomic mass is 10.1. The topological polar surface area (TPSA) is 81.8 Å². The van der Waals surface area contributed by atoms with E-state index in [2.05, 4.69) is 15.7 Å². The molecular formula is C17H16ClN5O2. The van der Waals surface area contributed by atoms with E-state index in [0.29, 0.717) is 16.4 Å². The maximum atomic E-state index is 12.4. The van der Waals surface area contributed by atoms with Gasteiger partial charge >= 0.3 is 5.69 Å². The van der Waals surface area contributed by atoms with E-state index in [1.54, 1.807) is 24.3 Å². The number of hydrogen-bond acceptors (Lipinski definition) is 4. The van der Waals surface area contributed by atoms with Crippen molar-refractivity contribution in [1.82, 2.24) is 19.8 Å². The standard InChI is InChI=1S/C17H16ClN5O2/c1-11-7-12(2)9-13(8-11)19-16(24)10-22-17(25)23(21-20-22)15-6-4-3-5-14(15)18/h3-9H,10H2,1-2H3,(H,19,24). The molecule has 1 heterocycles. The van der Waals surface area contributed by atoms with E-state index < -0.39 is 5.69 Å². The average Bonchev–Trinajstić information content (AvgIpc) is 2.87. The minimum atomic E-state index is -0.538. The number of halogens is 1. The number of para-hydroxylation sites is 1. The summed E-state index contributed by atoms with van der Waals surface area (Å²) in [5.41, 5.74) is 2.63. The molecule has 0 bridgehead atoms. The molecule has 3 aromatic rings. The highest BCUT2D eigenvalue weighted by Gasteiger charge is 2.14. The van der Waals surface area contributed by atoms with Gasteiger partial charge < -0.3 is 5.32 Å². The quantitative estimate of drug-likeness (QED) is 0.777. The second-order valence-corrected chi connectivity index (χ2v) is 6.11. The van der Waals surface area contributed by atoms with Crippen molar-refractivity contribution >= 4 is 23.2 Å². The van der Waals surface area contributed by atoms with Crippen LogP contribution in [0, 0.1) is 13.8 Å². The van der Waals surface area contributed by atoms with Gasteiger partial charge in [-0.1, -0.05) is 29.8 Å². The lowest BCUT2D eigenvalue weighted by Crippen LogP contribution is -2.29. The molecule has 7 nitrogen and oxygen atoms in total. The van der Waals surface area contributed by atoms with Crippen molar-refractivity contribution in [3.63, 3.8) is 0 Å².